The van der Waals surface area contributed by atoms with E-state index in [1.54, 1.807) is 6.07 Å². The van der Waals surface area contributed by atoms with Crippen molar-refractivity contribution in [1.29, 1.82) is 0 Å². The highest BCUT2D eigenvalue weighted by atomic mass is 16.5. The van der Waals surface area contributed by atoms with Gasteiger partial charge in [-0.1, -0.05) is 0 Å². The molecule has 0 fully saturated rings. The molecule has 128 valence electrons. The summed E-state index contributed by atoms with van der Waals surface area (Å²) < 4.78 is 20.6. The SMILES string of the molecule is COCc1ccc(C(=O)Nc2cc(C(=O)O)cc(OC)c2OC)o1. The molecular formula is C16H17NO7. The Bertz CT molecular complexity index is 751. The van der Waals surface area contributed by atoms with E-state index in [4.69, 9.17) is 23.7 Å². The van der Waals surface area contributed by atoms with Crippen LogP contribution >= 0.6 is 0 Å². The summed E-state index contributed by atoms with van der Waals surface area (Å²) in [6.45, 7) is 0.235. The molecule has 0 saturated heterocycles. The Balaban J connectivity index is 2.34. The molecule has 0 saturated carbocycles. The summed E-state index contributed by atoms with van der Waals surface area (Å²) in [5.74, 6) is -0.769. The summed E-state index contributed by atoms with van der Waals surface area (Å²) in [5.41, 5.74) is 0.103. The van der Waals surface area contributed by atoms with Crippen LogP contribution in [0.2, 0.25) is 0 Å². The zero-order chi connectivity index (χ0) is 17.7. The van der Waals surface area contributed by atoms with E-state index in [2.05, 4.69) is 5.32 Å². The fraction of sp³-hybridized carbons (Fsp3) is 0.250. The van der Waals surface area contributed by atoms with Gasteiger partial charge in [0.15, 0.2) is 17.3 Å². The molecule has 0 bridgehead atoms. The average Bonchev–Trinajstić information content (AvgIpc) is 3.03. The van der Waals surface area contributed by atoms with Crippen LogP contribution in [0, 0.1) is 0 Å². The summed E-state index contributed by atoms with van der Waals surface area (Å²) >= 11 is 0. The molecule has 2 rings (SSSR count). The number of carboxylic acids is 1. The Morgan fingerprint density at radius 1 is 1.17 bits per heavy atom. The molecule has 2 aromatic rings. The molecule has 0 unspecified atom stereocenters. The van der Waals surface area contributed by atoms with Crippen molar-refractivity contribution >= 4 is 17.6 Å². The van der Waals surface area contributed by atoms with Gasteiger partial charge in [0.05, 0.1) is 25.5 Å². The first kappa shape index (κ1) is 17.4. The van der Waals surface area contributed by atoms with Gasteiger partial charge >= 0.3 is 5.97 Å². The first-order valence-electron chi connectivity index (χ1n) is 6.88. The van der Waals surface area contributed by atoms with E-state index >= 15 is 0 Å². The highest BCUT2D eigenvalue weighted by Crippen LogP contribution is 2.37. The largest absolute Gasteiger partial charge is 0.493 e. The molecule has 1 amide bonds. The maximum atomic E-state index is 12.3. The number of amides is 1. The maximum absolute atomic E-state index is 12.3. The number of hydrogen-bond donors (Lipinski definition) is 2. The molecule has 1 aromatic carbocycles. The van der Waals surface area contributed by atoms with E-state index in [1.165, 1.54) is 39.5 Å². The van der Waals surface area contributed by atoms with Gasteiger partial charge in [0.1, 0.15) is 12.4 Å². The first-order chi connectivity index (χ1) is 11.5. The van der Waals surface area contributed by atoms with Gasteiger partial charge in [-0.15, -0.1) is 0 Å². The lowest BCUT2D eigenvalue weighted by Crippen LogP contribution is -2.13. The molecule has 1 heterocycles. The van der Waals surface area contributed by atoms with Crippen molar-refractivity contribution < 1.29 is 33.3 Å². The van der Waals surface area contributed by atoms with Crippen LogP contribution in [0.3, 0.4) is 0 Å². The topological polar surface area (TPSA) is 107 Å². The zero-order valence-electron chi connectivity index (χ0n) is 13.4. The third-order valence-corrected chi connectivity index (χ3v) is 3.15. The molecule has 8 heteroatoms. The van der Waals surface area contributed by atoms with Gasteiger partial charge in [0.2, 0.25) is 0 Å². The average molecular weight is 335 g/mol. The minimum Gasteiger partial charge on any atom is -0.493 e. The first-order valence-corrected chi connectivity index (χ1v) is 6.88. The monoisotopic (exact) mass is 335 g/mol. The molecular weight excluding hydrogens is 318 g/mol. The van der Waals surface area contributed by atoms with E-state index in [0.717, 1.165) is 0 Å². The van der Waals surface area contributed by atoms with E-state index in [-0.39, 0.29) is 35.1 Å². The smallest absolute Gasteiger partial charge is 0.335 e. The number of aromatic carboxylic acids is 1. The third kappa shape index (κ3) is 3.66. The molecule has 0 spiro atoms. The number of ether oxygens (including phenoxy) is 3. The van der Waals surface area contributed by atoms with Crippen LogP contribution in [-0.2, 0) is 11.3 Å². The number of carbonyl (C=O) groups is 2. The second kappa shape index (κ2) is 7.51. The number of anilines is 1. The minimum atomic E-state index is -1.16. The standard InChI is InChI=1S/C16H17NO7/c1-21-8-10-4-5-12(24-10)15(18)17-11-6-9(16(19)20)7-13(22-2)14(11)23-3/h4-7H,8H2,1-3H3,(H,17,18)(H,19,20). The van der Waals surface area contributed by atoms with Crippen LogP contribution in [0.1, 0.15) is 26.7 Å². The predicted molar refractivity (Wildman–Crippen MR) is 83.9 cm³/mol. The van der Waals surface area contributed by atoms with Gasteiger partial charge in [0, 0.05) is 7.11 Å². The van der Waals surface area contributed by atoms with E-state index in [0.29, 0.717) is 5.76 Å². The van der Waals surface area contributed by atoms with Crippen molar-refractivity contribution in [3.63, 3.8) is 0 Å². The van der Waals surface area contributed by atoms with Crippen LogP contribution in [0.4, 0.5) is 5.69 Å². The quantitative estimate of drug-likeness (QED) is 0.800. The molecule has 0 atom stereocenters. The van der Waals surface area contributed by atoms with Crippen LogP contribution in [0.25, 0.3) is 0 Å². The summed E-state index contributed by atoms with van der Waals surface area (Å²) in [4.78, 5) is 23.5. The number of benzene rings is 1. The van der Waals surface area contributed by atoms with Gasteiger partial charge in [-0.25, -0.2) is 4.79 Å². The lowest BCUT2D eigenvalue weighted by Gasteiger charge is -2.14. The maximum Gasteiger partial charge on any atom is 0.335 e. The highest BCUT2D eigenvalue weighted by molar-refractivity contribution is 6.04. The molecule has 0 aliphatic carbocycles. The van der Waals surface area contributed by atoms with Gasteiger partial charge < -0.3 is 29.1 Å². The number of hydrogen-bond acceptors (Lipinski definition) is 6. The summed E-state index contributed by atoms with van der Waals surface area (Å²) in [6, 6.07) is 5.69. The number of nitrogens with one attached hydrogen (secondary N) is 1. The highest BCUT2D eigenvalue weighted by Gasteiger charge is 2.19. The Hall–Kier alpha value is -3.00. The lowest BCUT2D eigenvalue weighted by atomic mass is 10.1. The minimum absolute atomic E-state index is 0.0533. The molecule has 8 nitrogen and oxygen atoms in total. The van der Waals surface area contributed by atoms with Crippen molar-refractivity contribution in [3.8, 4) is 11.5 Å². The van der Waals surface area contributed by atoms with E-state index < -0.39 is 11.9 Å². The molecule has 24 heavy (non-hydrogen) atoms. The van der Waals surface area contributed by atoms with Crippen molar-refractivity contribution in [2.24, 2.45) is 0 Å². The predicted octanol–water partition coefficient (Wildman–Crippen LogP) is 2.39. The van der Waals surface area contributed by atoms with Crippen molar-refractivity contribution in [3.05, 3.63) is 41.3 Å². The van der Waals surface area contributed by atoms with Crippen molar-refractivity contribution in [2.75, 3.05) is 26.6 Å². The summed E-state index contributed by atoms with van der Waals surface area (Å²) in [6.07, 6.45) is 0. The zero-order valence-corrected chi connectivity index (χ0v) is 13.4. The second-order valence-electron chi connectivity index (χ2n) is 4.72. The Labute approximate surface area is 137 Å². The fourth-order valence-corrected chi connectivity index (χ4v) is 2.08. The van der Waals surface area contributed by atoms with Crippen LogP contribution < -0.4 is 14.8 Å². The van der Waals surface area contributed by atoms with Gasteiger partial charge in [0.25, 0.3) is 5.91 Å². The Morgan fingerprint density at radius 3 is 2.50 bits per heavy atom. The van der Waals surface area contributed by atoms with E-state index in [1.807, 2.05) is 0 Å². The van der Waals surface area contributed by atoms with Crippen molar-refractivity contribution in [1.82, 2.24) is 0 Å². The van der Waals surface area contributed by atoms with Gasteiger partial charge in [-0.05, 0) is 24.3 Å². The van der Waals surface area contributed by atoms with Gasteiger partial charge in [-0.3, -0.25) is 4.79 Å². The molecule has 0 aliphatic heterocycles. The molecule has 1 aromatic heterocycles. The van der Waals surface area contributed by atoms with Crippen LogP contribution in [0.5, 0.6) is 11.5 Å². The molecule has 0 radical (unpaired) electrons. The molecule has 2 N–H and O–H groups in total. The number of carboxylic acid groups (broad SMARTS) is 1. The Kier molecular flexibility index (Phi) is 5.43. The third-order valence-electron chi connectivity index (χ3n) is 3.15. The van der Waals surface area contributed by atoms with Crippen LogP contribution in [-0.4, -0.2) is 38.3 Å². The summed E-state index contributed by atoms with van der Waals surface area (Å²) in [7, 11) is 4.27. The number of furan rings is 1. The van der Waals surface area contributed by atoms with Crippen LogP contribution in [0.15, 0.2) is 28.7 Å². The number of methoxy groups -OCH3 is 3. The number of rotatable bonds is 7. The normalized spacial score (nSPS) is 10.3. The van der Waals surface area contributed by atoms with E-state index in [9.17, 15) is 9.59 Å². The lowest BCUT2D eigenvalue weighted by molar-refractivity contribution is 0.0696. The Morgan fingerprint density at radius 2 is 1.92 bits per heavy atom. The summed E-state index contributed by atoms with van der Waals surface area (Å²) in [5, 5.41) is 11.7. The van der Waals surface area contributed by atoms with Crippen molar-refractivity contribution in [2.45, 2.75) is 6.61 Å². The van der Waals surface area contributed by atoms with Gasteiger partial charge in [-0.2, -0.15) is 0 Å². The fourth-order valence-electron chi connectivity index (χ4n) is 2.08. The number of carbonyl (C=O) groups excluding carboxylic acids is 1. The second-order valence-corrected chi connectivity index (χ2v) is 4.72. The molecule has 0 aliphatic rings.